The second-order valence-electron chi connectivity index (χ2n) is 3.56. The summed E-state index contributed by atoms with van der Waals surface area (Å²) in [6, 6.07) is 0. The molecule has 3 N–H and O–H groups in total. The minimum absolute atomic E-state index is 0.0457. The number of nitrogens with one attached hydrogen (secondary N) is 1. The first kappa shape index (κ1) is 10.6. The van der Waals surface area contributed by atoms with Crippen LogP contribution in [0.25, 0.3) is 0 Å². The van der Waals surface area contributed by atoms with Gasteiger partial charge in [-0.1, -0.05) is 0 Å². The van der Waals surface area contributed by atoms with Crippen molar-refractivity contribution in [3.63, 3.8) is 0 Å². The second-order valence-corrected chi connectivity index (χ2v) is 3.56. The Morgan fingerprint density at radius 3 is 2.77 bits per heavy atom. The van der Waals surface area contributed by atoms with Gasteiger partial charge in [0.05, 0.1) is 18.8 Å². The lowest BCUT2D eigenvalue weighted by Crippen LogP contribution is -2.40. The smallest absolute Gasteiger partial charge is 0.0667 e. The molecule has 1 heterocycles. The van der Waals surface area contributed by atoms with E-state index in [1.807, 2.05) is 0 Å². The number of hydrogen-bond acceptors (Lipinski definition) is 4. The van der Waals surface area contributed by atoms with Crippen molar-refractivity contribution in [2.45, 2.75) is 32.0 Å². The largest absolute Gasteiger partial charge is 0.396 e. The van der Waals surface area contributed by atoms with Crippen molar-refractivity contribution < 1.29 is 14.9 Å². The molecule has 0 aliphatic carbocycles. The first-order chi connectivity index (χ1) is 6.15. The van der Waals surface area contributed by atoms with Crippen LogP contribution in [0.5, 0.6) is 0 Å². The fourth-order valence-corrected chi connectivity index (χ4v) is 1.61. The van der Waals surface area contributed by atoms with E-state index < -0.39 is 6.10 Å². The lowest BCUT2D eigenvalue weighted by atomic mass is 9.91. The molecule has 1 fully saturated rings. The van der Waals surface area contributed by atoms with Gasteiger partial charge in [0, 0.05) is 24.7 Å². The predicted octanol–water partition coefficient (Wildman–Crippen LogP) is 0.174. The molecule has 1 saturated heterocycles. The van der Waals surface area contributed by atoms with Crippen molar-refractivity contribution in [3.05, 3.63) is 0 Å². The molecule has 0 radical (unpaired) electrons. The van der Waals surface area contributed by atoms with E-state index in [0.29, 0.717) is 25.2 Å². The van der Waals surface area contributed by atoms with Gasteiger partial charge in [-0.2, -0.15) is 0 Å². The molecule has 0 aromatic carbocycles. The summed E-state index contributed by atoms with van der Waals surface area (Å²) in [7, 11) is 0. The maximum Gasteiger partial charge on any atom is 0.0667 e. The Bertz CT molecular complexity index is 184. The summed E-state index contributed by atoms with van der Waals surface area (Å²) in [5.41, 5.74) is 0.468. The molecular weight excluding hydrogens is 170 g/mol. The van der Waals surface area contributed by atoms with Crippen molar-refractivity contribution in [3.8, 4) is 0 Å². The number of ether oxygens (including phenoxy) is 1. The molecule has 0 amide bonds. The van der Waals surface area contributed by atoms with E-state index in [2.05, 4.69) is 0 Å². The van der Waals surface area contributed by atoms with Gasteiger partial charge in [0.15, 0.2) is 0 Å². The Morgan fingerprint density at radius 2 is 2.31 bits per heavy atom. The molecule has 3 unspecified atom stereocenters. The minimum atomic E-state index is -0.484. The first-order valence-electron chi connectivity index (χ1n) is 4.60. The van der Waals surface area contributed by atoms with Gasteiger partial charge in [-0.25, -0.2) is 0 Å². The summed E-state index contributed by atoms with van der Waals surface area (Å²) in [5.74, 6) is -0.157. The summed E-state index contributed by atoms with van der Waals surface area (Å²) in [6.07, 6.45) is 0.570. The molecule has 1 aliphatic heterocycles. The second kappa shape index (κ2) is 4.69. The van der Waals surface area contributed by atoms with Gasteiger partial charge in [0.1, 0.15) is 0 Å². The Balaban J connectivity index is 2.42. The molecule has 13 heavy (non-hydrogen) atoms. The summed E-state index contributed by atoms with van der Waals surface area (Å²) in [6.45, 7) is 2.18. The van der Waals surface area contributed by atoms with Crippen LogP contribution in [0.3, 0.4) is 0 Å². The summed E-state index contributed by atoms with van der Waals surface area (Å²) in [4.78, 5) is 0. The number of rotatable bonds is 3. The van der Waals surface area contributed by atoms with Crippen LogP contribution in [-0.2, 0) is 4.74 Å². The molecule has 1 rings (SSSR count). The zero-order chi connectivity index (χ0) is 9.84. The third-order valence-electron chi connectivity index (χ3n) is 2.49. The molecule has 4 heteroatoms. The third kappa shape index (κ3) is 2.76. The van der Waals surface area contributed by atoms with Gasteiger partial charge in [0.2, 0.25) is 0 Å². The van der Waals surface area contributed by atoms with Crippen LogP contribution >= 0.6 is 0 Å². The van der Waals surface area contributed by atoms with E-state index in [1.54, 1.807) is 6.92 Å². The quantitative estimate of drug-likeness (QED) is 0.551. The number of aliphatic hydroxyl groups excluding tert-OH is 2. The lowest BCUT2D eigenvalue weighted by Gasteiger charge is -2.32. The molecule has 3 atom stereocenters. The molecule has 76 valence electrons. The predicted molar refractivity (Wildman–Crippen MR) is 49.0 cm³/mol. The maximum absolute atomic E-state index is 9.63. The normalized spacial score (nSPS) is 34.5. The average molecular weight is 187 g/mol. The molecule has 0 spiro atoms. The highest BCUT2D eigenvalue weighted by molar-refractivity contribution is 5.81. The van der Waals surface area contributed by atoms with E-state index in [-0.39, 0.29) is 18.6 Å². The Morgan fingerprint density at radius 1 is 1.62 bits per heavy atom. The van der Waals surface area contributed by atoms with Gasteiger partial charge in [0.25, 0.3) is 0 Å². The lowest BCUT2D eigenvalue weighted by molar-refractivity contribution is -0.0703. The summed E-state index contributed by atoms with van der Waals surface area (Å²) < 4.78 is 5.40. The van der Waals surface area contributed by atoms with Crippen LogP contribution in [0.2, 0.25) is 0 Å². The van der Waals surface area contributed by atoms with Gasteiger partial charge >= 0.3 is 0 Å². The van der Waals surface area contributed by atoms with Crippen LogP contribution in [0.4, 0.5) is 0 Å². The van der Waals surface area contributed by atoms with E-state index >= 15 is 0 Å². The summed E-state index contributed by atoms with van der Waals surface area (Å²) >= 11 is 0. The number of hydrogen-bond donors (Lipinski definition) is 3. The van der Waals surface area contributed by atoms with Crippen molar-refractivity contribution in [2.75, 3.05) is 13.2 Å². The Labute approximate surface area is 78.0 Å². The van der Waals surface area contributed by atoms with Crippen molar-refractivity contribution in [1.82, 2.24) is 0 Å². The fraction of sp³-hybridized carbons (Fsp3) is 0.889. The fourth-order valence-electron chi connectivity index (χ4n) is 1.61. The molecule has 0 bridgehead atoms. The highest BCUT2D eigenvalue weighted by Gasteiger charge is 2.30. The van der Waals surface area contributed by atoms with Crippen LogP contribution in [-0.4, -0.2) is 41.3 Å². The van der Waals surface area contributed by atoms with E-state index in [4.69, 9.17) is 15.3 Å². The number of aliphatic hydroxyl groups is 2. The van der Waals surface area contributed by atoms with Crippen LogP contribution < -0.4 is 0 Å². The molecule has 0 aromatic heterocycles. The monoisotopic (exact) mass is 187 g/mol. The van der Waals surface area contributed by atoms with Crippen LogP contribution in [0.15, 0.2) is 0 Å². The SMILES string of the molecule is CC(=N)C1COC(CCO)CC1O. The minimum Gasteiger partial charge on any atom is -0.396 e. The van der Waals surface area contributed by atoms with Gasteiger partial charge in [-0.3, -0.25) is 0 Å². The standard InChI is InChI=1S/C9H17NO3/c1-6(10)8-5-13-7(2-3-11)4-9(8)12/h7-12H,2-5H2,1H3. The van der Waals surface area contributed by atoms with Crippen LogP contribution in [0, 0.1) is 11.3 Å². The third-order valence-corrected chi connectivity index (χ3v) is 2.49. The molecule has 0 aromatic rings. The summed E-state index contributed by atoms with van der Waals surface area (Å²) in [5, 5.41) is 25.7. The zero-order valence-electron chi connectivity index (χ0n) is 7.86. The van der Waals surface area contributed by atoms with Crippen molar-refractivity contribution in [1.29, 1.82) is 5.41 Å². The topological polar surface area (TPSA) is 73.5 Å². The Kier molecular flexibility index (Phi) is 3.84. The first-order valence-corrected chi connectivity index (χ1v) is 4.60. The van der Waals surface area contributed by atoms with E-state index in [1.165, 1.54) is 0 Å². The van der Waals surface area contributed by atoms with Crippen molar-refractivity contribution in [2.24, 2.45) is 5.92 Å². The van der Waals surface area contributed by atoms with Gasteiger partial charge in [-0.05, 0) is 13.3 Å². The van der Waals surface area contributed by atoms with Crippen LogP contribution in [0.1, 0.15) is 19.8 Å². The highest BCUT2D eigenvalue weighted by atomic mass is 16.5. The maximum atomic E-state index is 9.63. The van der Waals surface area contributed by atoms with Crippen molar-refractivity contribution >= 4 is 5.71 Å². The molecule has 0 saturated carbocycles. The molecular formula is C9H17NO3. The van der Waals surface area contributed by atoms with Gasteiger partial charge < -0.3 is 20.4 Å². The van der Waals surface area contributed by atoms with E-state index in [0.717, 1.165) is 0 Å². The molecule has 4 nitrogen and oxygen atoms in total. The highest BCUT2D eigenvalue weighted by Crippen LogP contribution is 2.22. The van der Waals surface area contributed by atoms with E-state index in [9.17, 15) is 5.11 Å². The average Bonchev–Trinajstić information content (AvgIpc) is 2.04. The van der Waals surface area contributed by atoms with Gasteiger partial charge in [-0.15, -0.1) is 0 Å². The molecule has 1 aliphatic rings. The zero-order valence-corrected chi connectivity index (χ0v) is 7.86. The Hall–Kier alpha value is -0.450.